The van der Waals surface area contributed by atoms with Crippen LogP contribution in [-0.4, -0.2) is 31.1 Å². The summed E-state index contributed by atoms with van der Waals surface area (Å²) in [5, 5.41) is 10.3. The Morgan fingerprint density at radius 1 is 1.22 bits per heavy atom. The normalized spacial score (nSPS) is 11.2. The number of amides is 1. The molecule has 0 saturated carbocycles. The van der Waals surface area contributed by atoms with Crippen LogP contribution in [0.15, 0.2) is 58.9 Å². The third kappa shape index (κ3) is 4.10. The van der Waals surface area contributed by atoms with Crippen molar-refractivity contribution in [2.75, 3.05) is 16.2 Å². The smallest absolute Gasteiger partial charge is 0.264 e. The van der Waals surface area contributed by atoms with E-state index in [0.29, 0.717) is 10.8 Å². The lowest BCUT2D eigenvalue weighted by molar-refractivity contribution is 0.102. The zero-order chi connectivity index (χ0) is 19.4. The van der Waals surface area contributed by atoms with E-state index in [-0.39, 0.29) is 22.0 Å². The van der Waals surface area contributed by atoms with Gasteiger partial charge in [-0.25, -0.2) is 8.42 Å². The molecule has 0 saturated heterocycles. The summed E-state index contributed by atoms with van der Waals surface area (Å²) in [4.78, 5) is 12.4. The van der Waals surface area contributed by atoms with Gasteiger partial charge in [-0.2, -0.15) is 0 Å². The molecule has 140 valence electrons. The summed E-state index contributed by atoms with van der Waals surface area (Å²) in [6.07, 6.45) is 0. The molecular weight excluding hydrogens is 408 g/mol. The molecule has 1 aromatic heterocycles. The van der Waals surface area contributed by atoms with Gasteiger partial charge in [-0.1, -0.05) is 41.1 Å². The van der Waals surface area contributed by atoms with E-state index in [1.54, 1.807) is 31.2 Å². The number of nitrogens with zero attached hydrogens (tertiary/aromatic N) is 3. The number of hydrogen-bond acceptors (Lipinski definition) is 6. The molecule has 3 aromatic rings. The van der Waals surface area contributed by atoms with Gasteiger partial charge in [0.25, 0.3) is 15.9 Å². The lowest BCUT2D eigenvalue weighted by Crippen LogP contribution is -2.31. The molecule has 10 heteroatoms. The maximum absolute atomic E-state index is 13.1. The van der Waals surface area contributed by atoms with Gasteiger partial charge in [-0.05, 0) is 37.3 Å². The molecule has 0 spiro atoms. The van der Waals surface area contributed by atoms with E-state index in [4.69, 9.17) is 11.6 Å². The number of halogens is 1. The molecule has 0 bridgehead atoms. The molecule has 0 fully saturated rings. The van der Waals surface area contributed by atoms with E-state index in [1.807, 2.05) is 6.07 Å². The largest absolute Gasteiger partial charge is 0.296 e. The van der Waals surface area contributed by atoms with E-state index in [0.717, 1.165) is 11.3 Å². The molecule has 27 heavy (non-hydrogen) atoms. The number of hydrogen-bond donors (Lipinski definition) is 1. The summed E-state index contributed by atoms with van der Waals surface area (Å²) >= 11 is 7.25. The first-order valence-corrected chi connectivity index (χ1v) is 10.6. The van der Waals surface area contributed by atoms with Crippen LogP contribution in [0.5, 0.6) is 0 Å². The fourth-order valence-electron chi connectivity index (χ4n) is 2.44. The van der Waals surface area contributed by atoms with Gasteiger partial charge < -0.3 is 0 Å². The molecule has 0 aliphatic heterocycles. The van der Waals surface area contributed by atoms with Crippen LogP contribution in [0.1, 0.15) is 17.3 Å². The Bertz CT molecular complexity index is 1040. The minimum Gasteiger partial charge on any atom is -0.296 e. The minimum absolute atomic E-state index is 0.0278. The van der Waals surface area contributed by atoms with Crippen molar-refractivity contribution in [3.8, 4) is 0 Å². The fourth-order valence-corrected chi connectivity index (χ4v) is 4.59. The van der Waals surface area contributed by atoms with Crippen LogP contribution in [0.2, 0.25) is 5.02 Å². The second kappa shape index (κ2) is 8.03. The summed E-state index contributed by atoms with van der Waals surface area (Å²) in [5.74, 6) is -0.559. The summed E-state index contributed by atoms with van der Waals surface area (Å²) in [6.45, 7) is 1.98. The Kier molecular flexibility index (Phi) is 5.73. The number of aromatic nitrogens is 2. The highest BCUT2D eigenvalue weighted by molar-refractivity contribution is 7.92. The molecule has 2 aromatic carbocycles. The first kappa shape index (κ1) is 19.3. The van der Waals surface area contributed by atoms with Crippen LogP contribution >= 0.6 is 22.9 Å². The zero-order valence-electron chi connectivity index (χ0n) is 14.2. The lowest BCUT2D eigenvalue weighted by Gasteiger charge is -2.23. The SMILES string of the molecule is CCN(c1ccccc1)S(=O)(=O)c1ccc(Cl)c(C(=O)Nc2nncs2)c1. The van der Waals surface area contributed by atoms with Crippen molar-refractivity contribution >= 4 is 49.7 Å². The number of benzene rings is 2. The van der Waals surface area contributed by atoms with Crippen molar-refractivity contribution in [2.45, 2.75) is 11.8 Å². The highest BCUT2D eigenvalue weighted by Crippen LogP contribution is 2.27. The lowest BCUT2D eigenvalue weighted by atomic mass is 10.2. The fraction of sp³-hybridized carbons (Fsp3) is 0.118. The summed E-state index contributed by atoms with van der Waals surface area (Å²) < 4.78 is 27.5. The molecule has 0 unspecified atom stereocenters. The van der Waals surface area contributed by atoms with Crippen LogP contribution in [0.3, 0.4) is 0 Å². The summed E-state index contributed by atoms with van der Waals surface area (Å²) in [7, 11) is -3.87. The van der Waals surface area contributed by atoms with Crippen LogP contribution in [-0.2, 0) is 10.0 Å². The molecule has 1 amide bonds. The maximum atomic E-state index is 13.1. The van der Waals surface area contributed by atoms with Crippen molar-refractivity contribution in [3.63, 3.8) is 0 Å². The van der Waals surface area contributed by atoms with Gasteiger partial charge in [0.05, 0.1) is 21.2 Å². The van der Waals surface area contributed by atoms with Crippen LogP contribution < -0.4 is 9.62 Å². The first-order valence-electron chi connectivity index (χ1n) is 7.88. The van der Waals surface area contributed by atoms with Crippen molar-refractivity contribution in [3.05, 3.63) is 64.6 Å². The van der Waals surface area contributed by atoms with E-state index in [1.165, 1.54) is 28.0 Å². The molecule has 3 rings (SSSR count). The second-order valence-electron chi connectivity index (χ2n) is 5.35. The molecule has 1 N–H and O–H groups in total. The van der Waals surface area contributed by atoms with Gasteiger partial charge >= 0.3 is 0 Å². The highest BCUT2D eigenvalue weighted by Gasteiger charge is 2.25. The van der Waals surface area contributed by atoms with Crippen molar-refractivity contribution in [2.24, 2.45) is 0 Å². The molecule has 0 radical (unpaired) electrons. The Morgan fingerprint density at radius 2 is 1.96 bits per heavy atom. The number of carbonyl (C=O) groups is 1. The Hall–Kier alpha value is -2.49. The van der Waals surface area contributed by atoms with Crippen LogP contribution in [0.4, 0.5) is 10.8 Å². The zero-order valence-corrected chi connectivity index (χ0v) is 16.6. The Balaban J connectivity index is 1.97. The number of nitrogens with one attached hydrogen (secondary N) is 1. The van der Waals surface area contributed by atoms with Crippen molar-refractivity contribution in [1.29, 1.82) is 0 Å². The number of sulfonamides is 1. The minimum atomic E-state index is -3.87. The molecular formula is C17H15ClN4O3S2. The summed E-state index contributed by atoms with van der Waals surface area (Å²) in [6, 6.07) is 12.8. The van der Waals surface area contributed by atoms with Gasteiger partial charge in [0.2, 0.25) is 5.13 Å². The van der Waals surface area contributed by atoms with E-state index in [2.05, 4.69) is 15.5 Å². The average Bonchev–Trinajstić information content (AvgIpc) is 3.16. The quantitative estimate of drug-likeness (QED) is 0.654. The van der Waals surface area contributed by atoms with Crippen molar-refractivity contribution in [1.82, 2.24) is 10.2 Å². The Labute approximate surface area is 165 Å². The molecule has 1 heterocycles. The third-order valence-corrected chi connectivity index (χ3v) is 6.52. The number of rotatable bonds is 6. The van der Waals surface area contributed by atoms with Gasteiger partial charge in [-0.3, -0.25) is 14.4 Å². The van der Waals surface area contributed by atoms with E-state index < -0.39 is 15.9 Å². The second-order valence-corrected chi connectivity index (χ2v) is 8.45. The predicted octanol–water partition coefficient (Wildman–Crippen LogP) is 3.66. The van der Waals surface area contributed by atoms with Gasteiger partial charge in [-0.15, -0.1) is 10.2 Å². The summed E-state index contributed by atoms with van der Waals surface area (Å²) in [5.41, 5.74) is 2.05. The van der Waals surface area contributed by atoms with Gasteiger partial charge in [0, 0.05) is 6.54 Å². The molecule has 0 aliphatic carbocycles. The Morgan fingerprint density at radius 3 is 2.59 bits per heavy atom. The predicted molar refractivity (Wildman–Crippen MR) is 106 cm³/mol. The van der Waals surface area contributed by atoms with Crippen LogP contribution in [0.25, 0.3) is 0 Å². The van der Waals surface area contributed by atoms with Crippen LogP contribution in [0, 0.1) is 0 Å². The number of para-hydroxylation sites is 1. The standard InChI is InChI=1S/C17H15ClN4O3S2/c1-2-22(12-6-4-3-5-7-12)27(24,25)13-8-9-15(18)14(10-13)16(23)20-17-21-19-11-26-17/h3-11H,2H2,1H3,(H,20,21,23). The van der Waals surface area contributed by atoms with Gasteiger partial charge in [0.15, 0.2) is 0 Å². The van der Waals surface area contributed by atoms with E-state index in [9.17, 15) is 13.2 Å². The molecule has 0 aliphatic rings. The monoisotopic (exact) mass is 422 g/mol. The first-order chi connectivity index (χ1) is 12.9. The topological polar surface area (TPSA) is 92.3 Å². The number of anilines is 2. The maximum Gasteiger partial charge on any atom is 0.264 e. The van der Waals surface area contributed by atoms with E-state index >= 15 is 0 Å². The average molecular weight is 423 g/mol. The van der Waals surface area contributed by atoms with Gasteiger partial charge in [0.1, 0.15) is 5.51 Å². The highest BCUT2D eigenvalue weighted by atomic mass is 35.5. The number of carbonyl (C=O) groups excluding carboxylic acids is 1. The third-order valence-electron chi connectivity index (χ3n) is 3.68. The molecule has 0 atom stereocenters. The molecule has 7 nitrogen and oxygen atoms in total. The van der Waals surface area contributed by atoms with Crippen molar-refractivity contribution < 1.29 is 13.2 Å².